The topological polar surface area (TPSA) is 105 Å². The molecule has 3 amide bonds. The molecule has 0 bridgehead atoms. The summed E-state index contributed by atoms with van der Waals surface area (Å²) in [6, 6.07) is 13.8. The maximum atomic E-state index is 12.3. The van der Waals surface area contributed by atoms with Gasteiger partial charge in [-0.05, 0) is 31.2 Å². The maximum Gasteiger partial charge on any atom is 0.322 e. The fraction of sp³-hybridized carbons (Fsp3) is 0.105. The van der Waals surface area contributed by atoms with E-state index in [0.717, 1.165) is 10.5 Å². The first-order chi connectivity index (χ1) is 13.0. The summed E-state index contributed by atoms with van der Waals surface area (Å²) in [6.07, 6.45) is 0. The number of imide groups is 1. The number of nitrogens with zero attached hydrogens (tertiary/aromatic N) is 3. The first kappa shape index (κ1) is 16.6. The van der Waals surface area contributed by atoms with Gasteiger partial charge in [-0.25, -0.2) is 0 Å². The third kappa shape index (κ3) is 3.08. The zero-order chi connectivity index (χ0) is 19.0. The van der Waals surface area contributed by atoms with Crippen LogP contribution in [0, 0.1) is 6.92 Å². The number of hydrogen-bond donors (Lipinski definition) is 1. The lowest BCUT2D eigenvalue weighted by Gasteiger charge is -2.12. The van der Waals surface area contributed by atoms with E-state index in [1.807, 2.05) is 31.2 Å². The summed E-state index contributed by atoms with van der Waals surface area (Å²) >= 11 is 0. The second kappa shape index (κ2) is 6.49. The molecule has 1 N–H and O–H groups in total. The highest BCUT2D eigenvalue weighted by Gasteiger charge is 2.36. The van der Waals surface area contributed by atoms with Gasteiger partial charge in [0.05, 0.1) is 11.1 Å². The van der Waals surface area contributed by atoms with Crippen molar-refractivity contribution in [3.05, 3.63) is 65.2 Å². The van der Waals surface area contributed by atoms with E-state index >= 15 is 0 Å². The zero-order valence-electron chi connectivity index (χ0n) is 14.3. The van der Waals surface area contributed by atoms with Gasteiger partial charge in [-0.3, -0.25) is 24.6 Å². The molecule has 0 unspecified atom stereocenters. The van der Waals surface area contributed by atoms with E-state index in [0.29, 0.717) is 5.56 Å². The summed E-state index contributed by atoms with van der Waals surface area (Å²) in [5, 5.41) is 10.1. The fourth-order valence-electron chi connectivity index (χ4n) is 2.77. The van der Waals surface area contributed by atoms with E-state index in [1.165, 1.54) is 0 Å². The van der Waals surface area contributed by atoms with Crippen LogP contribution in [0.4, 0.5) is 6.01 Å². The molecular weight excluding hydrogens is 348 g/mol. The van der Waals surface area contributed by atoms with Gasteiger partial charge in [0, 0.05) is 5.56 Å². The number of aryl methyl sites for hydroxylation is 1. The van der Waals surface area contributed by atoms with Gasteiger partial charge in [-0.15, -0.1) is 5.10 Å². The van der Waals surface area contributed by atoms with Crippen LogP contribution < -0.4 is 5.32 Å². The van der Waals surface area contributed by atoms with Gasteiger partial charge in [-0.2, -0.15) is 0 Å². The van der Waals surface area contributed by atoms with Crippen molar-refractivity contribution in [2.45, 2.75) is 6.92 Å². The summed E-state index contributed by atoms with van der Waals surface area (Å²) < 4.78 is 5.42. The van der Waals surface area contributed by atoms with Gasteiger partial charge >= 0.3 is 6.01 Å². The Bertz CT molecular complexity index is 1020. The van der Waals surface area contributed by atoms with Gasteiger partial charge in [0.15, 0.2) is 0 Å². The van der Waals surface area contributed by atoms with E-state index in [1.54, 1.807) is 24.3 Å². The monoisotopic (exact) mass is 362 g/mol. The van der Waals surface area contributed by atoms with E-state index in [9.17, 15) is 14.4 Å². The largest absolute Gasteiger partial charge is 0.403 e. The molecule has 27 heavy (non-hydrogen) atoms. The molecule has 0 fully saturated rings. The SMILES string of the molecule is Cc1ccc(-c2nnc(NC(=O)CN3C(=O)c4ccccc4C3=O)o2)cc1. The first-order valence-corrected chi connectivity index (χ1v) is 8.18. The number of carbonyl (C=O) groups excluding carboxylic acids is 3. The molecule has 1 aliphatic heterocycles. The van der Waals surface area contributed by atoms with Crippen LogP contribution in [-0.4, -0.2) is 39.4 Å². The molecule has 0 saturated heterocycles. The predicted octanol–water partition coefficient (Wildman–Crippen LogP) is 2.28. The number of carbonyl (C=O) groups is 3. The number of aromatic nitrogens is 2. The van der Waals surface area contributed by atoms with Crippen LogP contribution in [0.1, 0.15) is 26.3 Å². The molecule has 0 aliphatic carbocycles. The number of nitrogens with one attached hydrogen (secondary N) is 1. The van der Waals surface area contributed by atoms with Gasteiger partial charge in [0.2, 0.25) is 11.8 Å². The maximum absolute atomic E-state index is 12.3. The van der Waals surface area contributed by atoms with Crippen molar-refractivity contribution < 1.29 is 18.8 Å². The van der Waals surface area contributed by atoms with E-state index in [4.69, 9.17) is 4.42 Å². The molecular formula is C19H14N4O4. The summed E-state index contributed by atoms with van der Waals surface area (Å²) in [6.45, 7) is 1.52. The number of anilines is 1. The molecule has 4 rings (SSSR count). The van der Waals surface area contributed by atoms with Crippen molar-refractivity contribution >= 4 is 23.7 Å². The minimum absolute atomic E-state index is 0.104. The molecule has 0 atom stereocenters. The van der Waals surface area contributed by atoms with Crippen molar-refractivity contribution in [1.82, 2.24) is 15.1 Å². The van der Waals surface area contributed by atoms with E-state index < -0.39 is 24.3 Å². The van der Waals surface area contributed by atoms with Gasteiger partial charge in [-0.1, -0.05) is 34.9 Å². The first-order valence-electron chi connectivity index (χ1n) is 8.18. The van der Waals surface area contributed by atoms with E-state index in [2.05, 4.69) is 15.5 Å². The third-order valence-corrected chi connectivity index (χ3v) is 4.15. The van der Waals surface area contributed by atoms with Crippen molar-refractivity contribution in [2.75, 3.05) is 11.9 Å². The highest BCUT2D eigenvalue weighted by Crippen LogP contribution is 2.23. The second-order valence-corrected chi connectivity index (χ2v) is 6.07. The molecule has 3 aromatic rings. The van der Waals surface area contributed by atoms with Crippen molar-refractivity contribution in [1.29, 1.82) is 0 Å². The molecule has 2 heterocycles. The van der Waals surface area contributed by atoms with Crippen molar-refractivity contribution in [3.8, 4) is 11.5 Å². The molecule has 0 saturated carbocycles. The zero-order valence-corrected chi connectivity index (χ0v) is 14.3. The molecule has 8 heteroatoms. The summed E-state index contributed by atoms with van der Waals surface area (Å²) in [4.78, 5) is 37.7. The number of rotatable bonds is 4. The quantitative estimate of drug-likeness (QED) is 0.714. The van der Waals surface area contributed by atoms with Crippen LogP contribution in [-0.2, 0) is 4.79 Å². The lowest BCUT2D eigenvalue weighted by atomic mass is 10.1. The van der Waals surface area contributed by atoms with Crippen molar-refractivity contribution in [2.24, 2.45) is 0 Å². The highest BCUT2D eigenvalue weighted by molar-refractivity contribution is 6.22. The highest BCUT2D eigenvalue weighted by atomic mass is 16.4. The number of amides is 3. The lowest BCUT2D eigenvalue weighted by molar-refractivity contribution is -0.116. The Morgan fingerprint density at radius 2 is 1.63 bits per heavy atom. The molecule has 134 valence electrons. The Labute approximate surface area is 153 Å². The summed E-state index contributed by atoms with van der Waals surface area (Å²) in [5.41, 5.74) is 2.38. The molecule has 1 aliphatic rings. The Morgan fingerprint density at radius 3 is 2.26 bits per heavy atom. The predicted molar refractivity (Wildman–Crippen MR) is 94.9 cm³/mol. The van der Waals surface area contributed by atoms with Crippen LogP contribution in [0.2, 0.25) is 0 Å². The van der Waals surface area contributed by atoms with Gasteiger partial charge < -0.3 is 4.42 Å². The average molecular weight is 362 g/mol. The number of benzene rings is 2. The van der Waals surface area contributed by atoms with Crippen LogP contribution in [0.5, 0.6) is 0 Å². The second-order valence-electron chi connectivity index (χ2n) is 6.07. The van der Waals surface area contributed by atoms with Crippen LogP contribution >= 0.6 is 0 Å². The standard InChI is InChI=1S/C19H14N4O4/c1-11-6-8-12(9-7-11)16-21-22-19(27-16)20-15(24)10-23-17(25)13-4-2-3-5-14(13)18(23)26/h2-9H,10H2,1H3,(H,20,22,24). The minimum atomic E-state index is -0.608. The Morgan fingerprint density at radius 1 is 1.00 bits per heavy atom. The lowest BCUT2D eigenvalue weighted by Crippen LogP contribution is -2.37. The van der Waals surface area contributed by atoms with Crippen LogP contribution in [0.25, 0.3) is 11.5 Å². The minimum Gasteiger partial charge on any atom is -0.403 e. The molecule has 8 nitrogen and oxygen atoms in total. The van der Waals surface area contributed by atoms with Gasteiger partial charge in [0.1, 0.15) is 6.54 Å². The molecule has 1 aromatic heterocycles. The third-order valence-electron chi connectivity index (χ3n) is 4.15. The van der Waals surface area contributed by atoms with Crippen LogP contribution in [0.3, 0.4) is 0 Å². The normalized spacial score (nSPS) is 13.0. The smallest absolute Gasteiger partial charge is 0.322 e. The number of hydrogen-bond acceptors (Lipinski definition) is 6. The van der Waals surface area contributed by atoms with Crippen molar-refractivity contribution in [3.63, 3.8) is 0 Å². The summed E-state index contributed by atoms with van der Waals surface area (Å²) in [7, 11) is 0. The Kier molecular flexibility index (Phi) is 4.00. The fourth-order valence-corrected chi connectivity index (χ4v) is 2.77. The Hall–Kier alpha value is -3.81. The molecule has 0 spiro atoms. The van der Waals surface area contributed by atoms with E-state index in [-0.39, 0.29) is 23.0 Å². The molecule has 0 radical (unpaired) electrons. The average Bonchev–Trinajstić information content (AvgIpc) is 3.22. The summed E-state index contributed by atoms with van der Waals surface area (Å²) in [5.74, 6) is -1.36. The Balaban J connectivity index is 1.44. The van der Waals surface area contributed by atoms with Crippen LogP contribution in [0.15, 0.2) is 52.9 Å². The number of fused-ring (bicyclic) bond motifs is 1. The van der Waals surface area contributed by atoms with Gasteiger partial charge in [0.25, 0.3) is 11.8 Å². The molecule has 2 aromatic carbocycles.